The molecule has 0 unspecified atom stereocenters. The van der Waals surface area contributed by atoms with E-state index in [4.69, 9.17) is 35.6 Å². The molecule has 0 bridgehead atoms. The van der Waals surface area contributed by atoms with Crippen LogP contribution < -0.4 is 15.9 Å². The van der Waals surface area contributed by atoms with E-state index < -0.39 is 18.4 Å². The van der Waals surface area contributed by atoms with Gasteiger partial charge in [0.2, 0.25) is 0 Å². The van der Waals surface area contributed by atoms with Gasteiger partial charge in [0.15, 0.2) is 0 Å². The summed E-state index contributed by atoms with van der Waals surface area (Å²) in [6, 6.07) is 42.9. The Morgan fingerprint density at radius 3 is 1.25 bits per heavy atom. The molecule has 0 N–H and O–H groups in total. The molecule has 0 spiro atoms. The van der Waals surface area contributed by atoms with E-state index in [1.54, 1.807) is 0 Å². The molecular formula is C26H21Cl3CuNP. The first-order valence-corrected chi connectivity index (χ1v) is 15.6. The molecule has 0 aliphatic carbocycles. The molecule has 0 saturated heterocycles. The van der Waals surface area contributed by atoms with Crippen LogP contribution in [-0.2, 0) is 17.3 Å². The van der Waals surface area contributed by atoms with Crippen LogP contribution in [0.4, 0.5) is 0 Å². The van der Waals surface area contributed by atoms with Gasteiger partial charge in [0, 0.05) is 0 Å². The van der Waals surface area contributed by atoms with Crippen molar-refractivity contribution in [3.8, 4) is 6.07 Å². The number of rotatable bonds is 5. The van der Waals surface area contributed by atoms with E-state index in [0.717, 1.165) is 6.16 Å². The van der Waals surface area contributed by atoms with Gasteiger partial charge in [-0.25, -0.2) is 0 Å². The summed E-state index contributed by atoms with van der Waals surface area (Å²) in [5.74, 6) is 0. The van der Waals surface area contributed by atoms with Crippen LogP contribution in [-0.4, -0.2) is 0 Å². The topological polar surface area (TPSA) is 23.8 Å². The van der Waals surface area contributed by atoms with E-state index in [2.05, 4.69) is 109 Å². The molecule has 4 aromatic rings. The second-order valence-electron chi connectivity index (χ2n) is 6.91. The Kier molecular flexibility index (Phi) is 9.65. The van der Waals surface area contributed by atoms with E-state index in [1.165, 1.54) is 21.5 Å². The number of nitrogens with zero attached hydrogens (tertiary/aromatic N) is 1. The Labute approximate surface area is 207 Å². The van der Waals surface area contributed by atoms with Crippen molar-refractivity contribution in [2.45, 2.75) is 6.16 Å². The average molecular weight is 548 g/mol. The molecule has 167 valence electrons. The van der Waals surface area contributed by atoms with Crippen LogP contribution in [0.5, 0.6) is 0 Å². The maximum atomic E-state index is 9.15. The molecule has 32 heavy (non-hydrogen) atoms. The third-order valence-electron chi connectivity index (χ3n) is 5.09. The summed E-state index contributed by atoms with van der Waals surface area (Å²) in [6.07, 6.45) is 0.927. The Morgan fingerprint density at radius 2 is 0.938 bits per heavy atom. The van der Waals surface area contributed by atoms with Crippen molar-refractivity contribution in [1.82, 2.24) is 0 Å². The zero-order valence-electron chi connectivity index (χ0n) is 17.0. The van der Waals surface area contributed by atoms with Crippen LogP contribution in [0.2, 0.25) is 0 Å². The first kappa shape index (κ1) is 24.8. The van der Waals surface area contributed by atoms with Crippen LogP contribution in [0.25, 0.3) is 0 Å². The van der Waals surface area contributed by atoms with Crippen molar-refractivity contribution in [3.63, 3.8) is 0 Å². The minimum atomic E-state index is -1.88. The Morgan fingerprint density at radius 1 is 0.594 bits per heavy atom. The van der Waals surface area contributed by atoms with Crippen molar-refractivity contribution < 1.29 is 11.2 Å². The fourth-order valence-corrected chi connectivity index (χ4v) is 7.97. The molecule has 0 aromatic heterocycles. The van der Waals surface area contributed by atoms with E-state index in [-0.39, 0.29) is 0 Å². The predicted molar refractivity (Wildman–Crippen MR) is 138 cm³/mol. The second kappa shape index (κ2) is 12.4. The monoisotopic (exact) mass is 546 g/mol. The average Bonchev–Trinajstić information content (AvgIpc) is 2.84. The first-order chi connectivity index (χ1) is 15.6. The maximum absolute atomic E-state index is 9.15. The van der Waals surface area contributed by atoms with Crippen molar-refractivity contribution >= 4 is 53.5 Å². The molecule has 0 saturated carbocycles. The van der Waals surface area contributed by atoms with Gasteiger partial charge in [-0.15, -0.1) is 0 Å². The Balaban J connectivity index is 0.000000668. The van der Waals surface area contributed by atoms with Gasteiger partial charge in [-0.1, -0.05) is 66.7 Å². The molecule has 0 heterocycles. The van der Waals surface area contributed by atoms with Crippen molar-refractivity contribution in [3.05, 3.63) is 126 Å². The third-order valence-corrected chi connectivity index (χ3v) is 9.47. The number of halogens is 3. The van der Waals surface area contributed by atoms with E-state index in [1.807, 2.05) is 12.1 Å². The Bertz CT molecular complexity index is 1030. The third kappa shape index (κ3) is 6.37. The molecule has 4 aromatic carbocycles. The standard InChI is InChI=1S/C26H21NP.3ClH.Cu/c27-20-22-16-18-23(19-17-22)21-28(24-10-4-1-5-11-24,25-12-6-2-7-13-25)26-14-8-3-9-15-26;;;;/h1-19H,21H2;3*1H;/q+1;;;;+2/p-3. The molecule has 0 aliphatic heterocycles. The first-order valence-electron chi connectivity index (χ1n) is 9.71. The quantitative estimate of drug-likeness (QED) is 0.193. The van der Waals surface area contributed by atoms with Crippen LogP contribution in [0.1, 0.15) is 11.1 Å². The number of hydrogen-bond donors (Lipinski definition) is 0. The molecule has 1 nitrogen and oxygen atoms in total. The van der Waals surface area contributed by atoms with Crippen LogP contribution in [0.3, 0.4) is 0 Å². The zero-order valence-corrected chi connectivity index (χ0v) is 21.1. The summed E-state index contributed by atoms with van der Waals surface area (Å²) in [5.41, 5.74) is 1.95. The normalized spacial score (nSPS) is 11.0. The van der Waals surface area contributed by atoms with Gasteiger partial charge in [-0.05, 0) is 54.1 Å². The molecule has 0 fully saturated rings. The van der Waals surface area contributed by atoms with Gasteiger partial charge in [0.1, 0.15) is 23.2 Å². The molecule has 6 heteroatoms. The fourth-order valence-electron chi connectivity index (χ4n) is 3.73. The molecule has 0 radical (unpaired) electrons. The summed E-state index contributed by atoms with van der Waals surface area (Å²) in [5, 5.41) is 13.3. The van der Waals surface area contributed by atoms with E-state index >= 15 is 0 Å². The summed E-state index contributed by atoms with van der Waals surface area (Å²) >= 11 is -0.896. The summed E-state index contributed by atoms with van der Waals surface area (Å²) in [7, 11) is 12.6. The zero-order chi connectivity index (χ0) is 22.8. The number of hydrogen-bond acceptors (Lipinski definition) is 1. The van der Waals surface area contributed by atoms with Gasteiger partial charge in [0.05, 0.1) is 17.8 Å². The molecular weight excluding hydrogens is 527 g/mol. The molecule has 0 amide bonds. The van der Waals surface area contributed by atoms with Gasteiger partial charge < -0.3 is 0 Å². The van der Waals surface area contributed by atoms with Crippen molar-refractivity contribution in [2.24, 2.45) is 0 Å². The van der Waals surface area contributed by atoms with Crippen molar-refractivity contribution in [2.75, 3.05) is 0 Å². The van der Waals surface area contributed by atoms with Gasteiger partial charge in [0.25, 0.3) is 0 Å². The molecule has 0 atom stereocenters. The predicted octanol–water partition coefficient (Wildman–Crippen LogP) is 7.12. The van der Waals surface area contributed by atoms with Crippen LogP contribution in [0.15, 0.2) is 115 Å². The van der Waals surface area contributed by atoms with Crippen molar-refractivity contribution in [1.29, 1.82) is 5.26 Å². The summed E-state index contributed by atoms with van der Waals surface area (Å²) in [4.78, 5) is 0. The summed E-state index contributed by atoms with van der Waals surface area (Å²) < 4.78 is 0. The Hall–Kier alpha value is -1.81. The fraction of sp³-hybridized carbons (Fsp3) is 0.0385. The molecule has 4 rings (SSSR count). The number of benzene rings is 4. The van der Waals surface area contributed by atoms with Gasteiger partial charge >= 0.3 is 41.5 Å². The molecule has 0 aliphatic rings. The van der Waals surface area contributed by atoms with E-state index in [0.29, 0.717) is 5.56 Å². The van der Waals surface area contributed by atoms with Crippen LogP contribution >= 0.6 is 37.6 Å². The summed E-state index contributed by atoms with van der Waals surface area (Å²) in [6.45, 7) is 0. The van der Waals surface area contributed by atoms with E-state index in [9.17, 15) is 0 Å². The number of nitriles is 1. The second-order valence-corrected chi connectivity index (χ2v) is 15.1. The van der Waals surface area contributed by atoms with Gasteiger partial charge in [-0.3, -0.25) is 0 Å². The SMILES string of the molecule is N#Cc1ccc(C[P+](c2ccccc2)(c2ccccc2)c2ccccc2)cc1.[Cl][Cu-]([Cl])[Cl]. The van der Waals surface area contributed by atoms with Gasteiger partial charge in [-0.2, -0.15) is 5.26 Å². The van der Waals surface area contributed by atoms with Crippen LogP contribution in [0, 0.1) is 11.3 Å². The minimum absolute atomic E-state index is 0.701.